The van der Waals surface area contributed by atoms with E-state index in [-0.39, 0.29) is 16.7 Å². The summed E-state index contributed by atoms with van der Waals surface area (Å²) in [5, 5.41) is 5.38. The fourth-order valence-electron chi connectivity index (χ4n) is 2.05. The normalized spacial score (nSPS) is 15.3. The van der Waals surface area contributed by atoms with Gasteiger partial charge in [0, 0.05) is 11.8 Å². The van der Waals surface area contributed by atoms with Gasteiger partial charge in [-0.1, -0.05) is 41.7 Å². The molecule has 0 fully saturated rings. The number of aromatic nitrogens is 2. The molecule has 0 aliphatic carbocycles. The molecular formula is C15H16N4O2S2. The SMILES string of the molecule is CC(SC1=NCCS1)C(=O)Nc1cc(=O)n(-c2ccccc2)[nH]1. The van der Waals surface area contributed by atoms with Crippen LogP contribution in [0.25, 0.3) is 5.69 Å². The summed E-state index contributed by atoms with van der Waals surface area (Å²) in [4.78, 5) is 28.6. The first-order valence-electron chi connectivity index (χ1n) is 7.16. The number of aliphatic imine (C=N–C) groups is 1. The smallest absolute Gasteiger partial charge is 0.273 e. The van der Waals surface area contributed by atoms with Crippen LogP contribution in [0.5, 0.6) is 0 Å². The highest BCUT2D eigenvalue weighted by Crippen LogP contribution is 2.26. The average molecular weight is 348 g/mol. The van der Waals surface area contributed by atoms with Crippen molar-refractivity contribution < 1.29 is 4.79 Å². The summed E-state index contributed by atoms with van der Waals surface area (Å²) in [6.45, 7) is 2.64. The Morgan fingerprint density at radius 3 is 2.91 bits per heavy atom. The average Bonchev–Trinajstić information content (AvgIpc) is 3.18. The number of aromatic amines is 1. The third kappa shape index (κ3) is 3.89. The monoisotopic (exact) mass is 348 g/mol. The van der Waals surface area contributed by atoms with Crippen molar-refractivity contribution in [1.29, 1.82) is 0 Å². The molecule has 2 heterocycles. The molecule has 23 heavy (non-hydrogen) atoms. The van der Waals surface area contributed by atoms with Gasteiger partial charge in [-0.15, -0.1) is 0 Å². The fourth-order valence-corrected chi connectivity index (χ4v) is 4.18. The molecule has 1 amide bonds. The molecule has 2 N–H and O–H groups in total. The Labute approximate surface area is 141 Å². The van der Waals surface area contributed by atoms with Gasteiger partial charge < -0.3 is 5.32 Å². The summed E-state index contributed by atoms with van der Waals surface area (Å²) in [5.74, 6) is 1.20. The molecule has 8 heteroatoms. The van der Waals surface area contributed by atoms with Crippen LogP contribution < -0.4 is 10.9 Å². The van der Waals surface area contributed by atoms with Crippen LogP contribution in [0, 0.1) is 0 Å². The number of amides is 1. The molecule has 0 saturated heterocycles. The van der Waals surface area contributed by atoms with E-state index < -0.39 is 0 Å². The van der Waals surface area contributed by atoms with Crippen LogP contribution in [0.15, 0.2) is 46.2 Å². The van der Waals surface area contributed by atoms with E-state index in [1.165, 1.54) is 22.5 Å². The highest BCUT2D eigenvalue weighted by Gasteiger charge is 2.19. The first-order chi connectivity index (χ1) is 11.1. The molecule has 1 atom stereocenters. The number of para-hydroxylation sites is 1. The minimum Gasteiger partial charge on any atom is -0.310 e. The van der Waals surface area contributed by atoms with E-state index in [9.17, 15) is 9.59 Å². The Bertz CT molecular complexity index is 782. The van der Waals surface area contributed by atoms with Crippen LogP contribution in [0.2, 0.25) is 0 Å². The van der Waals surface area contributed by atoms with Crippen LogP contribution in [-0.2, 0) is 4.79 Å². The number of thioether (sulfide) groups is 2. The number of benzene rings is 1. The highest BCUT2D eigenvalue weighted by atomic mass is 32.2. The van der Waals surface area contributed by atoms with Gasteiger partial charge in [-0.05, 0) is 19.1 Å². The van der Waals surface area contributed by atoms with Gasteiger partial charge in [-0.3, -0.25) is 19.7 Å². The molecule has 1 aromatic carbocycles. The number of hydrogen-bond acceptors (Lipinski definition) is 5. The van der Waals surface area contributed by atoms with Gasteiger partial charge in [-0.2, -0.15) is 0 Å². The van der Waals surface area contributed by atoms with E-state index in [1.54, 1.807) is 11.8 Å². The molecule has 0 bridgehead atoms. The fraction of sp³-hybridized carbons (Fsp3) is 0.267. The van der Waals surface area contributed by atoms with Crippen molar-refractivity contribution in [3.8, 4) is 5.69 Å². The van der Waals surface area contributed by atoms with Gasteiger partial charge in [-0.25, -0.2) is 4.68 Å². The summed E-state index contributed by atoms with van der Waals surface area (Å²) in [6, 6.07) is 10.6. The third-order valence-electron chi connectivity index (χ3n) is 3.20. The van der Waals surface area contributed by atoms with Gasteiger partial charge in [0.25, 0.3) is 5.56 Å². The maximum Gasteiger partial charge on any atom is 0.273 e. The predicted molar refractivity (Wildman–Crippen MR) is 96.8 cm³/mol. The van der Waals surface area contributed by atoms with Crippen LogP contribution in [0.1, 0.15) is 6.92 Å². The third-order valence-corrected chi connectivity index (χ3v) is 5.50. The summed E-state index contributed by atoms with van der Waals surface area (Å²) in [7, 11) is 0. The van der Waals surface area contributed by atoms with Crippen LogP contribution in [0.3, 0.4) is 0 Å². The number of anilines is 1. The predicted octanol–water partition coefficient (Wildman–Crippen LogP) is 2.33. The van der Waals surface area contributed by atoms with E-state index in [0.717, 1.165) is 22.4 Å². The lowest BCUT2D eigenvalue weighted by Gasteiger charge is -2.10. The van der Waals surface area contributed by atoms with E-state index in [2.05, 4.69) is 15.4 Å². The van der Waals surface area contributed by atoms with Crippen LogP contribution in [-0.4, -0.2) is 37.6 Å². The van der Waals surface area contributed by atoms with E-state index in [0.29, 0.717) is 5.82 Å². The number of nitrogens with zero attached hydrogens (tertiary/aromatic N) is 2. The summed E-state index contributed by atoms with van der Waals surface area (Å²) >= 11 is 3.11. The first-order valence-corrected chi connectivity index (χ1v) is 9.02. The molecular weight excluding hydrogens is 332 g/mol. The number of carbonyl (C=O) groups excluding carboxylic acids is 1. The minimum absolute atomic E-state index is 0.160. The van der Waals surface area contributed by atoms with Crippen molar-refractivity contribution in [3.05, 3.63) is 46.8 Å². The summed E-state index contributed by atoms with van der Waals surface area (Å²) in [5.41, 5.74) is 0.500. The lowest BCUT2D eigenvalue weighted by molar-refractivity contribution is -0.115. The molecule has 120 valence electrons. The molecule has 3 rings (SSSR count). The van der Waals surface area contributed by atoms with Crippen LogP contribution >= 0.6 is 23.5 Å². The topological polar surface area (TPSA) is 79.2 Å². The van der Waals surface area contributed by atoms with Gasteiger partial charge in [0.15, 0.2) is 0 Å². The Kier molecular flexibility index (Phi) is 4.92. The van der Waals surface area contributed by atoms with Crippen molar-refractivity contribution in [2.45, 2.75) is 12.2 Å². The summed E-state index contributed by atoms with van der Waals surface area (Å²) < 4.78 is 2.34. The standard InChI is InChI=1S/C15H16N4O2S2/c1-10(23-15-16-7-8-22-15)14(21)17-12-9-13(20)19(18-12)11-5-3-2-4-6-11/h2-6,9-10,18H,7-8H2,1H3,(H,17,21). The quantitative estimate of drug-likeness (QED) is 0.889. The zero-order chi connectivity index (χ0) is 16.2. The van der Waals surface area contributed by atoms with Crippen molar-refractivity contribution >= 4 is 39.6 Å². The number of H-pyrrole nitrogens is 1. The van der Waals surface area contributed by atoms with Gasteiger partial charge >= 0.3 is 0 Å². The summed E-state index contributed by atoms with van der Waals surface area (Å²) in [6.07, 6.45) is 0. The molecule has 0 radical (unpaired) electrons. The molecule has 1 aliphatic rings. The lowest BCUT2D eigenvalue weighted by Crippen LogP contribution is -2.23. The molecule has 1 aromatic heterocycles. The Morgan fingerprint density at radius 1 is 1.43 bits per heavy atom. The van der Waals surface area contributed by atoms with E-state index in [1.807, 2.05) is 37.3 Å². The molecule has 2 aromatic rings. The highest BCUT2D eigenvalue weighted by molar-refractivity contribution is 8.39. The van der Waals surface area contributed by atoms with Gasteiger partial charge in [0.1, 0.15) is 10.2 Å². The van der Waals surface area contributed by atoms with Crippen LogP contribution in [0.4, 0.5) is 5.82 Å². The van der Waals surface area contributed by atoms with Gasteiger partial charge in [0.2, 0.25) is 5.91 Å². The van der Waals surface area contributed by atoms with Crippen molar-refractivity contribution in [2.24, 2.45) is 4.99 Å². The number of hydrogen-bond donors (Lipinski definition) is 2. The molecule has 6 nitrogen and oxygen atoms in total. The number of carbonyl (C=O) groups is 1. The second kappa shape index (κ2) is 7.10. The maximum absolute atomic E-state index is 12.2. The second-order valence-electron chi connectivity index (χ2n) is 4.92. The Morgan fingerprint density at radius 2 is 2.22 bits per heavy atom. The lowest BCUT2D eigenvalue weighted by atomic mass is 10.3. The van der Waals surface area contributed by atoms with Crippen molar-refractivity contribution in [2.75, 3.05) is 17.6 Å². The zero-order valence-corrected chi connectivity index (χ0v) is 14.1. The number of nitrogens with one attached hydrogen (secondary N) is 2. The first kappa shape index (κ1) is 15.9. The second-order valence-corrected chi connectivity index (χ2v) is 7.60. The number of rotatable bonds is 4. The molecule has 1 unspecified atom stereocenters. The minimum atomic E-state index is -0.275. The van der Waals surface area contributed by atoms with Crippen molar-refractivity contribution in [1.82, 2.24) is 9.78 Å². The molecule has 0 saturated carbocycles. The van der Waals surface area contributed by atoms with E-state index in [4.69, 9.17) is 0 Å². The van der Waals surface area contributed by atoms with Gasteiger partial charge in [0.05, 0.1) is 17.5 Å². The largest absolute Gasteiger partial charge is 0.310 e. The molecule has 1 aliphatic heterocycles. The maximum atomic E-state index is 12.2. The van der Waals surface area contributed by atoms with E-state index >= 15 is 0 Å². The molecule has 0 spiro atoms. The van der Waals surface area contributed by atoms with Crippen molar-refractivity contribution in [3.63, 3.8) is 0 Å². The Balaban J connectivity index is 1.68. The Hall–Kier alpha value is -1.93. The zero-order valence-electron chi connectivity index (χ0n) is 12.5.